The Balaban J connectivity index is 2.40. The van der Waals surface area contributed by atoms with E-state index < -0.39 is 0 Å². The van der Waals surface area contributed by atoms with Crippen LogP contribution in [0.2, 0.25) is 0 Å². The van der Waals surface area contributed by atoms with E-state index in [-0.39, 0.29) is 16.9 Å². The van der Waals surface area contributed by atoms with Crippen molar-refractivity contribution in [2.75, 3.05) is 6.54 Å². The van der Waals surface area contributed by atoms with Crippen LogP contribution in [-0.4, -0.2) is 17.6 Å². The first kappa shape index (κ1) is 16.3. The van der Waals surface area contributed by atoms with Gasteiger partial charge in [0.25, 0.3) is 0 Å². The smallest absolute Gasteiger partial charge is 0.158 e. The van der Waals surface area contributed by atoms with Crippen LogP contribution < -0.4 is 10.1 Å². The third-order valence-electron chi connectivity index (χ3n) is 4.20. The average Bonchev–Trinajstić information content (AvgIpc) is 2.67. The molecular formula is C18H27NOS. The summed E-state index contributed by atoms with van der Waals surface area (Å²) in [6.07, 6.45) is 0.977. The van der Waals surface area contributed by atoms with E-state index in [2.05, 4.69) is 65.1 Å². The van der Waals surface area contributed by atoms with Gasteiger partial charge in [-0.2, -0.15) is 0 Å². The molecule has 0 saturated carbocycles. The molecule has 1 atom stereocenters. The Morgan fingerprint density at radius 2 is 2.00 bits per heavy atom. The molecule has 0 spiro atoms. The first-order valence-electron chi connectivity index (χ1n) is 7.78. The molecule has 1 aliphatic heterocycles. The Kier molecular flexibility index (Phi) is 4.34. The zero-order valence-corrected chi connectivity index (χ0v) is 14.9. The van der Waals surface area contributed by atoms with Gasteiger partial charge in [-0.15, -0.1) is 0 Å². The number of nitrogens with one attached hydrogen (secondary N) is 1. The number of fused-ring (bicyclic) bond motifs is 1. The van der Waals surface area contributed by atoms with Crippen molar-refractivity contribution in [2.24, 2.45) is 0 Å². The van der Waals surface area contributed by atoms with E-state index in [0.717, 1.165) is 23.7 Å². The van der Waals surface area contributed by atoms with E-state index in [0.29, 0.717) is 0 Å². The molecule has 3 heteroatoms. The van der Waals surface area contributed by atoms with E-state index in [1.165, 1.54) is 11.1 Å². The van der Waals surface area contributed by atoms with Crippen molar-refractivity contribution in [1.29, 1.82) is 0 Å². The van der Waals surface area contributed by atoms with Crippen molar-refractivity contribution in [1.82, 2.24) is 5.32 Å². The molecule has 0 amide bonds. The molecule has 0 aromatic heterocycles. The molecule has 1 heterocycles. The summed E-state index contributed by atoms with van der Waals surface area (Å²) in [4.78, 5) is 0.818. The van der Waals surface area contributed by atoms with Gasteiger partial charge in [0.1, 0.15) is 10.7 Å². The number of hydrogen-bond acceptors (Lipinski definition) is 2. The van der Waals surface area contributed by atoms with Crippen molar-refractivity contribution in [3.8, 4) is 5.75 Å². The highest BCUT2D eigenvalue weighted by Gasteiger charge is 2.45. The van der Waals surface area contributed by atoms with Crippen molar-refractivity contribution in [3.63, 3.8) is 0 Å². The Morgan fingerprint density at radius 1 is 1.33 bits per heavy atom. The molecule has 1 aromatic carbocycles. The number of rotatable bonds is 3. The Bertz CT molecular complexity index is 543. The summed E-state index contributed by atoms with van der Waals surface area (Å²) in [7, 11) is 0. The summed E-state index contributed by atoms with van der Waals surface area (Å²) in [5.41, 5.74) is 2.48. The SMILES string of the molecule is CCCNC(=S)C1Oc2c(C(C)(C)C)cccc2C1(C)C. The first-order chi connectivity index (χ1) is 9.69. The monoisotopic (exact) mass is 305 g/mol. The van der Waals surface area contributed by atoms with E-state index in [4.69, 9.17) is 17.0 Å². The predicted octanol–water partition coefficient (Wildman–Crippen LogP) is 4.35. The molecule has 1 aliphatic rings. The fraction of sp³-hybridized carbons (Fsp3) is 0.611. The van der Waals surface area contributed by atoms with Crippen molar-refractivity contribution in [2.45, 2.75) is 64.9 Å². The Hall–Kier alpha value is -1.09. The summed E-state index contributed by atoms with van der Waals surface area (Å²) in [5, 5.41) is 3.33. The number of para-hydroxylation sites is 1. The molecule has 1 N–H and O–H groups in total. The average molecular weight is 305 g/mol. The molecule has 2 nitrogen and oxygen atoms in total. The zero-order valence-electron chi connectivity index (χ0n) is 14.0. The second kappa shape index (κ2) is 5.60. The summed E-state index contributed by atoms with van der Waals surface area (Å²) >= 11 is 5.58. The van der Waals surface area contributed by atoms with Crippen molar-refractivity contribution >= 4 is 17.2 Å². The highest BCUT2D eigenvalue weighted by Crippen LogP contribution is 2.47. The maximum Gasteiger partial charge on any atom is 0.158 e. The fourth-order valence-electron chi connectivity index (χ4n) is 2.89. The minimum absolute atomic E-state index is 0.0643. The molecule has 0 radical (unpaired) electrons. The molecule has 1 aromatic rings. The lowest BCUT2D eigenvalue weighted by atomic mass is 9.78. The van der Waals surface area contributed by atoms with E-state index >= 15 is 0 Å². The number of benzene rings is 1. The maximum absolute atomic E-state index is 6.33. The lowest BCUT2D eigenvalue weighted by Crippen LogP contribution is -2.45. The molecular weight excluding hydrogens is 278 g/mol. The Morgan fingerprint density at radius 3 is 2.57 bits per heavy atom. The number of hydrogen-bond donors (Lipinski definition) is 1. The van der Waals surface area contributed by atoms with Gasteiger partial charge in [-0.1, -0.05) is 72.0 Å². The van der Waals surface area contributed by atoms with Crippen LogP contribution in [-0.2, 0) is 10.8 Å². The fourth-order valence-corrected chi connectivity index (χ4v) is 3.34. The molecule has 21 heavy (non-hydrogen) atoms. The summed E-state index contributed by atoms with van der Waals surface area (Å²) < 4.78 is 6.33. The van der Waals surface area contributed by atoms with Gasteiger partial charge in [0.15, 0.2) is 6.10 Å². The first-order valence-corrected chi connectivity index (χ1v) is 8.18. The van der Waals surface area contributed by atoms with Gasteiger partial charge in [-0.25, -0.2) is 0 Å². The largest absolute Gasteiger partial charge is 0.482 e. The minimum Gasteiger partial charge on any atom is -0.482 e. The van der Waals surface area contributed by atoms with Crippen LogP contribution in [0.3, 0.4) is 0 Å². The molecule has 0 aliphatic carbocycles. The topological polar surface area (TPSA) is 21.3 Å². The quantitative estimate of drug-likeness (QED) is 0.839. The molecule has 0 bridgehead atoms. The van der Waals surface area contributed by atoms with Crippen LogP contribution in [0.4, 0.5) is 0 Å². The second-order valence-electron chi connectivity index (χ2n) is 7.44. The highest BCUT2D eigenvalue weighted by atomic mass is 32.1. The summed E-state index contributed by atoms with van der Waals surface area (Å²) in [5.74, 6) is 1.03. The predicted molar refractivity (Wildman–Crippen MR) is 93.5 cm³/mol. The van der Waals surface area contributed by atoms with Gasteiger partial charge >= 0.3 is 0 Å². The van der Waals surface area contributed by atoms with Gasteiger partial charge in [0.2, 0.25) is 0 Å². The van der Waals surface area contributed by atoms with Gasteiger partial charge in [0.05, 0.1) is 0 Å². The van der Waals surface area contributed by atoms with Crippen molar-refractivity contribution < 1.29 is 4.74 Å². The van der Waals surface area contributed by atoms with E-state index in [1.807, 2.05) is 0 Å². The van der Waals surface area contributed by atoms with Crippen LogP contribution in [0.1, 0.15) is 59.1 Å². The van der Waals surface area contributed by atoms with Crippen LogP contribution in [0.25, 0.3) is 0 Å². The third kappa shape index (κ3) is 2.94. The molecule has 0 saturated heterocycles. The van der Waals surface area contributed by atoms with Crippen LogP contribution in [0, 0.1) is 0 Å². The van der Waals surface area contributed by atoms with E-state index in [9.17, 15) is 0 Å². The van der Waals surface area contributed by atoms with Crippen LogP contribution in [0.15, 0.2) is 18.2 Å². The number of thiocarbonyl (C=S) groups is 1. The van der Waals surface area contributed by atoms with Gasteiger partial charge in [-0.3, -0.25) is 0 Å². The van der Waals surface area contributed by atoms with E-state index in [1.54, 1.807) is 0 Å². The maximum atomic E-state index is 6.33. The normalized spacial score (nSPS) is 19.8. The second-order valence-corrected chi connectivity index (χ2v) is 7.88. The summed E-state index contributed by atoms with van der Waals surface area (Å²) in [6.45, 7) is 14.1. The lowest BCUT2D eigenvalue weighted by molar-refractivity contribution is 0.228. The number of ether oxygens (including phenoxy) is 1. The highest BCUT2D eigenvalue weighted by molar-refractivity contribution is 7.80. The molecule has 2 rings (SSSR count). The van der Waals surface area contributed by atoms with Crippen LogP contribution >= 0.6 is 12.2 Å². The van der Waals surface area contributed by atoms with Crippen LogP contribution in [0.5, 0.6) is 5.75 Å². The standard InChI is InChI=1S/C18H27NOS/c1-7-11-19-16(21)15-18(5,6)13-10-8-9-12(14(13)20-15)17(2,3)4/h8-10,15H,7,11H2,1-6H3,(H,19,21). The third-order valence-corrected chi connectivity index (χ3v) is 4.55. The molecule has 0 fully saturated rings. The van der Waals surface area contributed by atoms with Crippen molar-refractivity contribution in [3.05, 3.63) is 29.3 Å². The van der Waals surface area contributed by atoms with Gasteiger partial charge in [0, 0.05) is 17.5 Å². The Labute approximate surface area is 134 Å². The lowest BCUT2D eigenvalue weighted by Gasteiger charge is -2.26. The molecule has 116 valence electrons. The van der Waals surface area contributed by atoms with Gasteiger partial charge in [-0.05, 0) is 17.4 Å². The minimum atomic E-state index is -0.103. The summed E-state index contributed by atoms with van der Waals surface area (Å²) in [6, 6.07) is 6.47. The van der Waals surface area contributed by atoms with Gasteiger partial charge < -0.3 is 10.1 Å². The zero-order chi connectivity index (χ0) is 15.8. The molecule has 1 unspecified atom stereocenters.